The van der Waals surface area contributed by atoms with Crippen LogP contribution in [0.1, 0.15) is 5.56 Å². The molecule has 2 nitrogen and oxygen atoms in total. The molecule has 0 fully saturated rings. The highest BCUT2D eigenvalue weighted by Crippen LogP contribution is 2.12. The zero-order chi connectivity index (χ0) is 8.43. The Labute approximate surface area is 66.1 Å². The molecule has 0 saturated carbocycles. The highest BCUT2D eigenvalue weighted by atomic mass is 32.2. The second-order valence-corrected chi connectivity index (χ2v) is 3.13. The molecule has 0 bridgehead atoms. The maximum absolute atomic E-state index is 12.9. The lowest BCUT2D eigenvalue weighted by atomic mass is 10.2. The van der Waals surface area contributed by atoms with Crippen molar-refractivity contribution in [3.8, 4) is 0 Å². The van der Waals surface area contributed by atoms with Crippen LogP contribution in [0, 0.1) is 17.5 Å². The zero-order valence-electron chi connectivity index (χ0n) is 5.93. The Balaban J connectivity index is 3.39. The fourth-order valence-corrected chi connectivity index (χ4v) is 1.29. The lowest BCUT2D eigenvalue weighted by Gasteiger charge is -2.05. The van der Waals surface area contributed by atoms with Gasteiger partial charge >= 0.3 is 0 Å². The Bertz CT molecular complexity index is 338. The second kappa shape index (κ2) is 3.00. The quantitative estimate of drug-likeness (QED) is 0.648. The molecule has 0 saturated heterocycles. The number of halogens is 1. The second-order valence-electron chi connectivity index (χ2n) is 2.16. The Hall–Kier alpha value is -0.900. The van der Waals surface area contributed by atoms with Gasteiger partial charge in [0, 0.05) is 0 Å². The highest BCUT2D eigenvalue weighted by Gasteiger charge is 1.96. The summed E-state index contributed by atoms with van der Waals surface area (Å²) in [6, 6.07) is 4.51. The minimum Gasteiger partial charge on any atom is -0.440 e. The van der Waals surface area contributed by atoms with Gasteiger partial charge in [-0.25, -0.2) is 4.39 Å². The molecule has 1 rings (SSSR count). The highest BCUT2D eigenvalue weighted by molar-refractivity contribution is 7.73. The molecule has 0 aliphatic rings. The zero-order valence-corrected chi connectivity index (χ0v) is 6.74. The average molecular weight is 172 g/mol. The summed E-state index contributed by atoms with van der Waals surface area (Å²) in [5.74, 6) is -0.541. The molecular weight excluding hydrogens is 165 g/mol. The molecule has 11 heavy (non-hydrogen) atoms. The van der Waals surface area contributed by atoms with E-state index in [1.54, 1.807) is 19.1 Å². The van der Waals surface area contributed by atoms with Gasteiger partial charge in [-0.15, -0.1) is 0 Å². The number of benzene rings is 1. The molecule has 0 spiro atoms. The van der Waals surface area contributed by atoms with Crippen LogP contribution in [0.25, 0.3) is 0 Å². The van der Waals surface area contributed by atoms with E-state index in [4.69, 9.17) is 4.78 Å². The first-order chi connectivity index (χ1) is 5.13. The first kappa shape index (κ1) is 8.20. The monoisotopic (exact) mass is 172 g/mol. The van der Waals surface area contributed by atoms with E-state index in [1.165, 1.54) is 6.07 Å². The molecule has 1 aromatic carbocycles. The van der Waals surface area contributed by atoms with Crippen molar-refractivity contribution in [2.75, 3.05) is 0 Å². The van der Waals surface area contributed by atoms with Gasteiger partial charge < -0.3 is 8.99 Å². The van der Waals surface area contributed by atoms with E-state index >= 15 is 0 Å². The van der Waals surface area contributed by atoms with E-state index in [9.17, 15) is 8.60 Å². The topological polar surface area (TPSA) is 40.9 Å². The summed E-state index contributed by atoms with van der Waals surface area (Å²) in [6.45, 7) is 1.58. The van der Waals surface area contributed by atoms with Crippen LogP contribution in [-0.2, 0) is 14.8 Å². The molecule has 4 heteroatoms. The van der Waals surface area contributed by atoms with Crippen molar-refractivity contribution in [2.24, 2.45) is 0 Å². The largest absolute Gasteiger partial charge is 0.440 e. The summed E-state index contributed by atoms with van der Waals surface area (Å²) in [7, 11) is -1.98. The van der Waals surface area contributed by atoms with Gasteiger partial charge in [0.1, 0.15) is 5.82 Å². The predicted molar refractivity (Wildman–Crippen MR) is 40.2 cm³/mol. The van der Waals surface area contributed by atoms with E-state index in [2.05, 4.69) is 0 Å². The van der Waals surface area contributed by atoms with Crippen LogP contribution in [0.15, 0.2) is 23.1 Å². The van der Waals surface area contributed by atoms with Gasteiger partial charge in [0.15, 0.2) is 0 Å². The standard InChI is InChI=1S/C7H7FNOS/c1-5-3-2-4-6(7(5)8)11(9)10/h2-4,9H,1H3/q-1. The molecule has 0 unspecified atom stereocenters. The smallest absolute Gasteiger partial charge is 0.111 e. The van der Waals surface area contributed by atoms with Crippen molar-refractivity contribution in [3.05, 3.63) is 29.6 Å². The Morgan fingerprint density at radius 1 is 1.55 bits per heavy atom. The van der Waals surface area contributed by atoms with Gasteiger partial charge in [0.05, 0.1) is 0 Å². The van der Waals surface area contributed by atoms with Crippen molar-refractivity contribution >= 4 is 10.6 Å². The molecule has 0 atom stereocenters. The predicted octanol–water partition coefficient (Wildman–Crippen LogP) is 2.22. The Morgan fingerprint density at radius 2 is 2.18 bits per heavy atom. The van der Waals surface area contributed by atoms with Crippen LogP contribution < -0.4 is 0 Å². The van der Waals surface area contributed by atoms with Crippen molar-refractivity contribution in [2.45, 2.75) is 11.8 Å². The normalized spacial score (nSPS) is 10.5. The minimum atomic E-state index is -1.98. The van der Waals surface area contributed by atoms with Gasteiger partial charge in [0.25, 0.3) is 0 Å². The molecule has 1 N–H and O–H groups in total. The van der Waals surface area contributed by atoms with Gasteiger partial charge in [-0.3, -0.25) is 0 Å². The maximum Gasteiger partial charge on any atom is 0.111 e. The van der Waals surface area contributed by atoms with Gasteiger partial charge in [-0.1, -0.05) is 23.1 Å². The lowest BCUT2D eigenvalue weighted by molar-refractivity contribution is 0.573. The SMILES string of the molecule is Cc1cccc([S-](=N)=O)c1F. The van der Waals surface area contributed by atoms with E-state index in [0.29, 0.717) is 5.56 Å². The lowest BCUT2D eigenvalue weighted by Crippen LogP contribution is -1.88. The van der Waals surface area contributed by atoms with Crippen molar-refractivity contribution in [3.63, 3.8) is 0 Å². The maximum atomic E-state index is 12.9. The molecule has 0 amide bonds. The van der Waals surface area contributed by atoms with Crippen LogP contribution >= 0.6 is 0 Å². The summed E-state index contributed by atoms with van der Waals surface area (Å²) in [5.41, 5.74) is 0.420. The van der Waals surface area contributed by atoms with Gasteiger partial charge in [0.2, 0.25) is 0 Å². The van der Waals surface area contributed by atoms with Crippen LogP contribution in [0.3, 0.4) is 0 Å². The third-order valence-electron chi connectivity index (χ3n) is 1.36. The van der Waals surface area contributed by atoms with E-state index in [1.807, 2.05) is 0 Å². The number of nitrogens with one attached hydrogen (secondary N) is 1. The number of rotatable bonds is 1. The molecule has 1 aromatic rings. The number of aryl methyl sites for hydroxylation is 1. The molecular formula is C7H7FNOS-. The third kappa shape index (κ3) is 1.57. The van der Waals surface area contributed by atoms with Crippen molar-refractivity contribution in [1.29, 1.82) is 4.78 Å². The third-order valence-corrected chi connectivity index (χ3v) is 2.07. The molecule has 0 aromatic heterocycles. The molecule has 0 aliphatic heterocycles. The van der Waals surface area contributed by atoms with E-state index in [0.717, 1.165) is 0 Å². The fraction of sp³-hybridized carbons (Fsp3) is 0.143. The summed E-state index contributed by atoms with van der Waals surface area (Å²) >= 11 is 0. The molecule has 0 radical (unpaired) electrons. The first-order valence-electron chi connectivity index (χ1n) is 3.01. The summed E-state index contributed by atoms with van der Waals surface area (Å²) in [5, 5.41) is 0. The van der Waals surface area contributed by atoms with Gasteiger partial charge in [-0.2, -0.15) is 10.6 Å². The van der Waals surface area contributed by atoms with Crippen molar-refractivity contribution < 1.29 is 8.60 Å². The molecule has 0 aliphatic carbocycles. The molecule has 0 heterocycles. The van der Waals surface area contributed by atoms with Gasteiger partial charge in [-0.05, 0) is 12.5 Å². The van der Waals surface area contributed by atoms with E-state index in [-0.39, 0.29) is 4.90 Å². The first-order valence-corrected chi connectivity index (χ1v) is 4.16. The summed E-state index contributed by atoms with van der Waals surface area (Å²) in [6.07, 6.45) is 0. The molecule has 60 valence electrons. The summed E-state index contributed by atoms with van der Waals surface area (Å²) < 4.78 is 30.3. The number of hydrogen-bond donors (Lipinski definition) is 1. The minimum absolute atomic E-state index is 0.0509. The summed E-state index contributed by atoms with van der Waals surface area (Å²) in [4.78, 5) is -0.0509. The average Bonchev–Trinajstić information content (AvgIpc) is 1.94. The van der Waals surface area contributed by atoms with E-state index < -0.39 is 16.4 Å². The van der Waals surface area contributed by atoms with Crippen LogP contribution in [0.4, 0.5) is 4.39 Å². The fourth-order valence-electron chi connectivity index (χ4n) is 0.764. The Kier molecular flexibility index (Phi) is 2.24. The number of hydrogen-bond acceptors (Lipinski definition) is 3. The van der Waals surface area contributed by atoms with Crippen LogP contribution in [0.2, 0.25) is 0 Å². The van der Waals surface area contributed by atoms with Crippen LogP contribution in [-0.4, -0.2) is 0 Å². The Morgan fingerprint density at radius 3 is 2.64 bits per heavy atom. The van der Waals surface area contributed by atoms with Crippen LogP contribution in [0.5, 0.6) is 0 Å². The van der Waals surface area contributed by atoms with Crippen molar-refractivity contribution in [1.82, 2.24) is 0 Å².